The fourth-order valence-electron chi connectivity index (χ4n) is 4.11. The zero-order chi connectivity index (χ0) is 27.6. The summed E-state index contributed by atoms with van der Waals surface area (Å²) in [5, 5.41) is 8.56. The van der Waals surface area contributed by atoms with Gasteiger partial charge in [-0.2, -0.15) is 4.98 Å². The molecule has 2 aromatic rings. The number of fused-ring (bicyclic) bond motifs is 1. The molecule has 1 saturated heterocycles. The first kappa shape index (κ1) is 28.4. The Balaban J connectivity index is 1.51. The number of anilines is 1. The average molecular weight is 572 g/mol. The lowest BCUT2D eigenvalue weighted by atomic mass is 10.1. The minimum absolute atomic E-state index is 0.00903. The van der Waals surface area contributed by atoms with Crippen molar-refractivity contribution in [3.63, 3.8) is 0 Å². The van der Waals surface area contributed by atoms with Gasteiger partial charge in [-0.1, -0.05) is 13.0 Å². The Bertz CT molecular complexity index is 1280. The number of halogens is 1. The minimum Gasteiger partial charge on any atom is -0.493 e. The van der Waals surface area contributed by atoms with Crippen LogP contribution >= 0.6 is 19.4 Å². The fourth-order valence-corrected chi connectivity index (χ4v) is 7.51. The maximum atomic E-state index is 15.0. The number of hydrogen-bond donors (Lipinski definition) is 2. The molecule has 4 rings (SSSR count). The van der Waals surface area contributed by atoms with Crippen LogP contribution in [0.5, 0.6) is 11.5 Å². The molecule has 14 heteroatoms. The number of aliphatic hydroxyl groups excluding tert-OH is 1. The molecule has 6 atom stereocenters. The van der Waals surface area contributed by atoms with Crippen LogP contribution in [-0.4, -0.2) is 63.6 Å². The van der Waals surface area contributed by atoms with Crippen LogP contribution in [-0.2, 0) is 25.0 Å². The van der Waals surface area contributed by atoms with Crippen molar-refractivity contribution in [2.75, 3.05) is 25.1 Å². The molecular weight excluding hydrogens is 540 g/mol. The molecule has 0 saturated carbocycles. The van der Waals surface area contributed by atoms with E-state index in [9.17, 15) is 19.3 Å². The first-order valence-electron chi connectivity index (χ1n) is 12.2. The number of nitrogens with zero attached hydrogens (tertiary/aromatic N) is 2. The first-order valence-corrected chi connectivity index (χ1v) is 14.8. The standard InChI is InChI=1S/C24H31FN3O8PS/c1-13(2)35-23(30)14(3)12-37(32,36-16-5-4-15-7-9-33-17(15)10-16)34-11-18-21(29)20(25)22(38-18)28-8-6-19(26)27-24(28)31/h4-6,8,10,13-14,18,20-22,29H,7,9,11-12H2,1-3H3,(H2,26,27,31)/t14-,18-,20+,21-,22-,37?/m1/s1. The maximum absolute atomic E-state index is 15.0. The van der Waals surface area contributed by atoms with Crippen LogP contribution in [0.4, 0.5) is 10.2 Å². The van der Waals surface area contributed by atoms with E-state index in [4.69, 9.17) is 24.3 Å². The van der Waals surface area contributed by atoms with Crippen LogP contribution in [0.3, 0.4) is 0 Å². The third kappa shape index (κ3) is 6.51. The van der Waals surface area contributed by atoms with Gasteiger partial charge in [-0.15, -0.1) is 11.8 Å². The molecule has 0 bridgehead atoms. The number of aromatic nitrogens is 2. The van der Waals surface area contributed by atoms with Crippen LogP contribution in [0.25, 0.3) is 0 Å². The fraction of sp³-hybridized carbons (Fsp3) is 0.542. The van der Waals surface area contributed by atoms with Crippen molar-refractivity contribution in [1.82, 2.24) is 9.55 Å². The quantitative estimate of drug-likeness (QED) is 0.320. The van der Waals surface area contributed by atoms with Gasteiger partial charge in [-0.05, 0) is 31.5 Å². The third-order valence-corrected chi connectivity index (χ3v) is 9.58. The Morgan fingerprint density at radius 2 is 2.13 bits per heavy atom. The van der Waals surface area contributed by atoms with E-state index in [1.165, 1.54) is 12.3 Å². The van der Waals surface area contributed by atoms with Crippen LogP contribution in [0.2, 0.25) is 0 Å². The molecule has 1 unspecified atom stereocenters. The Hall–Kier alpha value is -2.60. The lowest BCUT2D eigenvalue weighted by Crippen LogP contribution is -2.33. The number of carbonyl (C=O) groups excluding carboxylic acids is 1. The van der Waals surface area contributed by atoms with Gasteiger partial charge in [0, 0.05) is 18.7 Å². The summed E-state index contributed by atoms with van der Waals surface area (Å²) < 4.78 is 52.3. The number of alkyl halides is 1. The monoisotopic (exact) mass is 571 g/mol. The number of thioether (sulfide) groups is 1. The summed E-state index contributed by atoms with van der Waals surface area (Å²) in [5.41, 5.74) is 5.74. The number of rotatable bonds is 10. The van der Waals surface area contributed by atoms with Crippen molar-refractivity contribution >= 4 is 31.1 Å². The molecule has 3 heterocycles. The van der Waals surface area contributed by atoms with Gasteiger partial charge in [0.05, 0.1) is 36.6 Å². The normalized spacial score (nSPS) is 24.9. The van der Waals surface area contributed by atoms with Crippen molar-refractivity contribution in [3.05, 3.63) is 46.5 Å². The molecular formula is C24H31FN3O8PS. The number of nitrogens with two attached hydrogens (primary N) is 1. The summed E-state index contributed by atoms with van der Waals surface area (Å²) in [7, 11) is -4.03. The molecule has 2 aliphatic heterocycles. The van der Waals surface area contributed by atoms with E-state index in [1.54, 1.807) is 39.0 Å². The Kier molecular flexibility index (Phi) is 8.71. The highest BCUT2D eigenvalue weighted by atomic mass is 32.2. The molecule has 1 fully saturated rings. The number of carbonyl (C=O) groups is 1. The molecule has 3 N–H and O–H groups in total. The van der Waals surface area contributed by atoms with Crippen LogP contribution in [0, 0.1) is 5.92 Å². The summed E-state index contributed by atoms with van der Waals surface area (Å²) in [6.07, 6.45) is -1.98. The molecule has 1 aromatic heterocycles. The largest absolute Gasteiger partial charge is 0.493 e. The van der Waals surface area contributed by atoms with Gasteiger partial charge in [0.2, 0.25) is 0 Å². The summed E-state index contributed by atoms with van der Waals surface area (Å²) in [6.45, 7) is 5.10. The molecule has 208 valence electrons. The highest BCUT2D eigenvalue weighted by Crippen LogP contribution is 2.53. The van der Waals surface area contributed by atoms with Gasteiger partial charge in [-0.3, -0.25) is 13.9 Å². The minimum atomic E-state index is -4.03. The zero-order valence-corrected chi connectivity index (χ0v) is 22.9. The van der Waals surface area contributed by atoms with E-state index in [0.717, 1.165) is 28.3 Å². The van der Waals surface area contributed by atoms with E-state index in [2.05, 4.69) is 4.98 Å². The third-order valence-electron chi connectivity index (χ3n) is 6.02. The second-order valence-corrected chi connectivity index (χ2v) is 12.9. The van der Waals surface area contributed by atoms with E-state index in [1.807, 2.05) is 0 Å². The van der Waals surface area contributed by atoms with Crippen LogP contribution in [0.1, 0.15) is 31.7 Å². The SMILES string of the molecule is CC(C)OC(=O)[C@H](C)CP(=O)(OC[C@H]1S[C@@H](n2ccc(N)nc2=O)[C@@H](F)[C@@H]1O)Oc1ccc2c(c1)OCC2. The van der Waals surface area contributed by atoms with E-state index < -0.39 is 48.1 Å². The topological polar surface area (TPSA) is 152 Å². The van der Waals surface area contributed by atoms with E-state index >= 15 is 4.39 Å². The number of esters is 1. The Morgan fingerprint density at radius 1 is 1.37 bits per heavy atom. The lowest BCUT2D eigenvalue weighted by molar-refractivity contribution is -0.151. The van der Waals surface area contributed by atoms with Gasteiger partial charge in [0.15, 0.2) is 6.17 Å². The zero-order valence-electron chi connectivity index (χ0n) is 21.2. The molecule has 38 heavy (non-hydrogen) atoms. The molecule has 0 spiro atoms. The van der Waals surface area contributed by atoms with Gasteiger partial charge in [0.1, 0.15) is 28.8 Å². The number of hydrogen-bond acceptors (Lipinski definition) is 11. The average Bonchev–Trinajstić information content (AvgIpc) is 3.42. The summed E-state index contributed by atoms with van der Waals surface area (Å²) in [5.74, 6) is -0.590. The molecule has 0 radical (unpaired) electrons. The number of ether oxygens (including phenoxy) is 2. The van der Waals surface area contributed by atoms with E-state index in [0.29, 0.717) is 12.4 Å². The second-order valence-electron chi connectivity index (χ2n) is 9.48. The highest BCUT2D eigenvalue weighted by Gasteiger charge is 2.46. The smallest absolute Gasteiger partial charge is 0.380 e. The first-order chi connectivity index (χ1) is 18.0. The predicted octanol–water partition coefficient (Wildman–Crippen LogP) is 2.95. The van der Waals surface area contributed by atoms with Crippen molar-refractivity contribution in [2.24, 2.45) is 5.92 Å². The Labute approximate surface area is 223 Å². The molecule has 0 aliphatic carbocycles. The molecule has 11 nitrogen and oxygen atoms in total. The number of nitrogen functional groups attached to an aromatic ring is 1. The lowest BCUT2D eigenvalue weighted by Gasteiger charge is -2.24. The number of benzene rings is 1. The van der Waals surface area contributed by atoms with Gasteiger partial charge >= 0.3 is 19.3 Å². The van der Waals surface area contributed by atoms with Crippen LogP contribution < -0.4 is 20.7 Å². The number of aliphatic hydroxyl groups is 1. The van der Waals surface area contributed by atoms with Gasteiger partial charge in [0.25, 0.3) is 0 Å². The van der Waals surface area contributed by atoms with Gasteiger partial charge < -0.3 is 24.8 Å². The van der Waals surface area contributed by atoms with Crippen molar-refractivity contribution < 1.29 is 37.4 Å². The summed E-state index contributed by atoms with van der Waals surface area (Å²) >= 11 is 0.941. The van der Waals surface area contributed by atoms with Crippen molar-refractivity contribution in [3.8, 4) is 11.5 Å². The molecule has 2 aliphatic rings. The van der Waals surface area contributed by atoms with Crippen molar-refractivity contribution in [2.45, 2.75) is 56.2 Å². The predicted molar refractivity (Wildman–Crippen MR) is 139 cm³/mol. The molecule has 1 aromatic carbocycles. The highest BCUT2D eigenvalue weighted by molar-refractivity contribution is 8.00. The summed E-state index contributed by atoms with van der Waals surface area (Å²) in [6, 6.07) is 6.38. The van der Waals surface area contributed by atoms with Crippen molar-refractivity contribution in [1.29, 1.82) is 0 Å². The van der Waals surface area contributed by atoms with Crippen LogP contribution in [0.15, 0.2) is 35.3 Å². The summed E-state index contributed by atoms with van der Waals surface area (Å²) in [4.78, 5) is 28.2. The van der Waals surface area contributed by atoms with E-state index in [-0.39, 0.29) is 30.4 Å². The second kappa shape index (κ2) is 11.6. The van der Waals surface area contributed by atoms with Gasteiger partial charge in [-0.25, -0.2) is 13.8 Å². The Morgan fingerprint density at radius 3 is 2.84 bits per heavy atom. The molecule has 0 amide bonds. The maximum Gasteiger partial charge on any atom is 0.380 e.